The molecule has 0 saturated heterocycles. The largest absolute Gasteiger partial charge is 0.381 e. The van der Waals surface area contributed by atoms with Crippen molar-refractivity contribution in [1.29, 1.82) is 0 Å². The van der Waals surface area contributed by atoms with Crippen molar-refractivity contribution in [2.75, 3.05) is 5.32 Å². The molecule has 5 rings (SSSR count). The summed E-state index contributed by atoms with van der Waals surface area (Å²) in [6.45, 7) is 4.87. The van der Waals surface area contributed by atoms with Crippen molar-refractivity contribution in [1.82, 2.24) is 20.1 Å². The average molecular weight is 432 g/mol. The van der Waals surface area contributed by atoms with Gasteiger partial charge in [-0.1, -0.05) is 37.5 Å². The van der Waals surface area contributed by atoms with Gasteiger partial charge in [-0.2, -0.15) is 5.10 Å². The summed E-state index contributed by atoms with van der Waals surface area (Å²) in [6.07, 6.45) is 13.1. The van der Waals surface area contributed by atoms with E-state index in [1.54, 1.807) is 6.20 Å². The number of aryl methyl sites for hydroxylation is 3. The summed E-state index contributed by atoms with van der Waals surface area (Å²) in [7, 11) is 0. The summed E-state index contributed by atoms with van der Waals surface area (Å²) in [6, 6.07) is 6.97. The number of nitrogens with zero attached hydrogens (tertiary/aromatic N) is 3. The molecule has 1 saturated carbocycles. The highest BCUT2D eigenvalue weighted by atomic mass is 16.1. The van der Waals surface area contributed by atoms with Gasteiger partial charge in [-0.3, -0.25) is 4.79 Å². The van der Waals surface area contributed by atoms with Crippen LogP contribution in [0, 0.1) is 0 Å². The maximum absolute atomic E-state index is 13.4. The average Bonchev–Trinajstić information content (AvgIpc) is 3.46. The summed E-state index contributed by atoms with van der Waals surface area (Å²) in [5.41, 5.74) is 6.35. The first-order valence-corrected chi connectivity index (χ1v) is 12.2. The van der Waals surface area contributed by atoms with E-state index >= 15 is 0 Å². The number of carbonyl (C=O) groups excluding carboxylic acids is 1. The fourth-order valence-corrected chi connectivity index (χ4v) is 5.26. The highest BCUT2D eigenvalue weighted by Gasteiger charge is 2.23. The fraction of sp³-hybridized carbons (Fsp3) is 0.500. The third-order valence-corrected chi connectivity index (χ3v) is 7.13. The lowest BCUT2D eigenvalue weighted by Crippen LogP contribution is -2.29. The van der Waals surface area contributed by atoms with Gasteiger partial charge in [0, 0.05) is 18.8 Å². The molecule has 6 nitrogen and oxygen atoms in total. The standard InChI is InChI=1S/C26H33N5O/c1-3-31-25-22(16-28-31)24(30-21-10-5-4-6-11-21)23(15-27-25)26(32)29-17(2)19-13-12-18-8-7-9-20(18)14-19/h12-17,21H,3-11H2,1-2H3,(H,27,30)(H,29,32). The Balaban J connectivity index is 1.44. The van der Waals surface area contributed by atoms with Gasteiger partial charge in [0.25, 0.3) is 5.91 Å². The molecule has 32 heavy (non-hydrogen) atoms. The van der Waals surface area contributed by atoms with Crippen LogP contribution in [0.1, 0.15) is 85.5 Å². The lowest BCUT2D eigenvalue weighted by Gasteiger charge is -2.25. The van der Waals surface area contributed by atoms with Gasteiger partial charge in [-0.05, 0) is 62.6 Å². The minimum Gasteiger partial charge on any atom is -0.381 e. The number of amides is 1. The van der Waals surface area contributed by atoms with E-state index in [0.29, 0.717) is 11.6 Å². The second-order valence-electron chi connectivity index (χ2n) is 9.30. The molecule has 2 aliphatic carbocycles. The van der Waals surface area contributed by atoms with Crippen LogP contribution in [0.15, 0.2) is 30.6 Å². The van der Waals surface area contributed by atoms with Crippen LogP contribution in [0.4, 0.5) is 5.69 Å². The summed E-state index contributed by atoms with van der Waals surface area (Å²) in [5.74, 6) is -0.0880. The van der Waals surface area contributed by atoms with E-state index in [4.69, 9.17) is 0 Å². The molecule has 0 bridgehead atoms. The predicted octanol–water partition coefficient (Wildman–Crippen LogP) is 5.18. The molecule has 0 radical (unpaired) electrons. The molecule has 2 aliphatic rings. The smallest absolute Gasteiger partial charge is 0.255 e. The van der Waals surface area contributed by atoms with E-state index in [2.05, 4.69) is 52.8 Å². The van der Waals surface area contributed by atoms with Crippen molar-refractivity contribution in [2.24, 2.45) is 0 Å². The zero-order valence-corrected chi connectivity index (χ0v) is 19.2. The SMILES string of the molecule is CCn1ncc2c(NC3CCCCC3)c(C(=O)NC(C)c3ccc4c(c3)CCC4)cnc21. The Morgan fingerprint density at radius 3 is 2.75 bits per heavy atom. The first-order valence-electron chi connectivity index (χ1n) is 12.2. The maximum atomic E-state index is 13.4. The molecule has 1 fully saturated rings. The quantitative estimate of drug-likeness (QED) is 0.564. The third-order valence-electron chi connectivity index (χ3n) is 7.13. The maximum Gasteiger partial charge on any atom is 0.255 e. The van der Waals surface area contributed by atoms with Crippen molar-refractivity contribution in [3.8, 4) is 0 Å². The van der Waals surface area contributed by atoms with Gasteiger partial charge in [0.05, 0.1) is 28.9 Å². The van der Waals surface area contributed by atoms with Crippen LogP contribution in [0.3, 0.4) is 0 Å². The Morgan fingerprint density at radius 2 is 1.94 bits per heavy atom. The topological polar surface area (TPSA) is 71.8 Å². The minimum atomic E-state index is -0.0880. The predicted molar refractivity (Wildman–Crippen MR) is 128 cm³/mol. The second-order valence-corrected chi connectivity index (χ2v) is 9.30. The number of aromatic nitrogens is 3. The molecule has 0 spiro atoms. The first-order chi connectivity index (χ1) is 15.6. The van der Waals surface area contributed by atoms with E-state index < -0.39 is 0 Å². The molecule has 6 heteroatoms. The number of fused-ring (bicyclic) bond motifs is 2. The van der Waals surface area contributed by atoms with Crippen LogP contribution in [0.25, 0.3) is 11.0 Å². The lowest BCUT2D eigenvalue weighted by atomic mass is 9.95. The normalized spacial score (nSPS) is 17.3. The van der Waals surface area contributed by atoms with Crippen LogP contribution >= 0.6 is 0 Å². The van der Waals surface area contributed by atoms with Crippen molar-refractivity contribution in [3.63, 3.8) is 0 Å². The van der Waals surface area contributed by atoms with E-state index in [0.717, 1.165) is 48.1 Å². The van der Waals surface area contributed by atoms with Crippen LogP contribution in [-0.2, 0) is 19.4 Å². The first kappa shape index (κ1) is 21.0. The van der Waals surface area contributed by atoms with Crippen molar-refractivity contribution < 1.29 is 4.79 Å². The highest BCUT2D eigenvalue weighted by molar-refractivity contribution is 6.06. The fourth-order valence-electron chi connectivity index (χ4n) is 5.26. The van der Waals surface area contributed by atoms with E-state index in [-0.39, 0.29) is 11.9 Å². The van der Waals surface area contributed by atoms with Crippen LogP contribution in [0.2, 0.25) is 0 Å². The zero-order chi connectivity index (χ0) is 22.1. The molecule has 2 N–H and O–H groups in total. The number of benzene rings is 1. The zero-order valence-electron chi connectivity index (χ0n) is 19.2. The number of anilines is 1. The Kier molecular flexibility index (Phi) is 5.85. The van der Waals surface area contributed by atoms with E-state index in [1.165, 1.54) is 43.2 Å². The number of rotatable bonds is 6. The molecule has 2 heterocycles. The number of carbonyl (C=O) groups is 1. The van der Waals surface area contributed by atoms with Gasteiger partial charge in [-0.15, -0.1) is 0 Å². The van der Waals surface area contributed by atoms with Gasteiger partial charge < -0.3 is 10.6 Å². The van der Waals surface area contributed by atoms with Crippen LogP contribution in [-0.4, -0.2) is 26.7 Å². The third kappa shape index (κ3) is 3.98. The van der Waals surface area contributed by atoms with E-state index in [1.807, 2.05) is 10.9 Å². The Morgan fingerprint density at radius 1 is 1.12 bits per heavy atom. The summed E-state index contributed by atoms with van der Waals surface area (Å²) < 4.78 is 1.89. The van der Waals surface area contributed by atoms with Crippen LogP contribution < -0.4 is 10.6 Å². The van der Waals surface area contributed by atoms with Gasteiger partial charge >= 0.3 is 0 Å². The van der Waals surface area contributed by atoms with E-state index in [9.17, 15) is 4.79 Å². The van der Waals surface area contributed by atoms with Crippen molar-refractivity contribution in [3.05, 3.63) is 52.8 Å². The summed E-state index contributed by atoms with van der Waals surface area (Å²) >= 11 is 0. The number of pyridine rings is 1. The summed E-state index contributed by atoms with van der Waals surface area (Å²) in [5, 5.41) is 12.3. The van der Waals surface area contributed by atoms with Crippen LogP contribution in [0.5, 0.6) is 0 Å². The van der Waals surface area contributed by atoms with Gasteiger partial charge in [0.2, 0.25) is 0 Å². The number of nitrogens with one attached hydrogen (secondary N) is 2. The van der Waals surface area contributed by atoms with Crippen molar-refractivity contribution in [2.45, 2.75) is 83.8 Å². The molecule has 168 valence electrons. The molecule has 1 unspecified atom stereocenters. The Hall–Kier alpha value is -2.89. The Bertz CT molecular complexity index is 1130. The molecule has 2 aromatic heterocycles. The highest BCUT2D eigenvalue weighted by Crippen LogP contribution is 2.31. The van der Waals surface area contributed by atoms with Gasteiger partial charge in [0.1, 0.15) is 0 Å². The van der Waals surface area contributed by atoms with Gasteiger partial charge in [-0.25, -0.2) is 9.67 Å². The number of hydrogen-bond donors (Lipinski definition) is 2. The molecule has 0 aliphatic heterocycles. The molecular formula is C26H33N5O. The monoisotopic (exact) mass is 431 g/mol. The second kappa shape index (κ2) is 8.93. The molecule has 1 aromatic carbocycles. The minimum absolute atomic E-state index is 0.0648. The van der Waals surface area contributed by atoms with Gasteiger partial charge in [0.15, 0.2) is 5.65 Å². The number of hydrogen-bond acceptors (Lipinski definition) is 4. The lowest BCUT2D eigenvalue weighted by molar-refractivity contribution is 0.0940. The van der Waals surface area contributed by atoms with Crippen molar-refractivity contribution >= 4 is 22.6 Å². The molecular weight excluding hydrogens is 398 g/mol. The Labute approximate surface area is 189 Å². The molecule has 3 aromatic rings. The molecule has 1 atom stereocenters. The molecule has 1 amide bonds. The summed E-state index contributed by atoms with van der Waals surface area (Å²) in [4.78, 5) is 18.0.